The maximum absolute atomic E-state index is 13.7. The first-order chi connectivity index (χ1) is 19.7. The van der Waals surface area contributed by atoms with Crippen LogP contribution in [0.25, 0.3) is 27.3 Å². The second-order valence-corrected chi connectivity index (χ2v) is 11.0. The van der Waals surface area contributed by atoms with Gasteiger partial charge in [0.1, 0.15) is 4.88 Å². The summed E-state index contributed by atoms with van der Waals surface area (Å²) in [6.45, 7) is 0.341. The van der Waals surface area contributed by atoms with Crippen molar-refractivity contribution < 1.29 is 32.2 Å². The molecule has 1 aliphatic rings. The van der Waals surface area contributed by atoms with Gasteiger partial charge in [-0.3, -0.25) is 4.79 Å². The number of fused-ring (bicyclic) bond motifs is 1. The fourth-order valence-electron chi connectivity index (χ4n) is 5.16. The molecule has 0 N–H and O–H groups in total. The number of ether oxygens (including phenoxy) is 2. The normalized spacial score (nSPS) is 17.5. The standard InChI is InChI=1S/C29H29F3N4O4S/c1-39-15-14-35(27(37)20-8-10-21(11-9-20)29(30,31)32)23-17-24(41-26(23)28(38)40-2)19-6-4-18(5-7-19)22-16-25-33-12-3-13-36(25)34-22/h3-7,12-13,16-17,20-21H,8-11,14-15H2,1-2H3. The Kier molecular flexibility index (Phi) is 8.41. The molecule has 0 unspecified atom stereocenters. The highest BCUT2D eigenvalue weighted by Gasteiger charge is 2.43. The lowest BCUT2D eigenvalue weighted by Crippen LogP contribution is -2.41. The number of anilines is 1. The number of hydrogen-bond donors (Lipinski definition) is 0. The van der Waals surface area contributed by atoms with E-state index in [1.807, 2.05) is 36.5 Å². The topological polar surface area (TPSA) is 86.0 Å². The van der Waals surface area contributed by atoms with Crippen LogP contribution in [0.3, 0.4) is 0 Å². The molecule has 0 atom stereocenters. The zero-order chi connectivity index (χ0) is 29.1. The van der Waals surface area contributed by atoms with E-state index in [4.69, 9.17) is 9.47 Å². The lowest BCUT2D eigenvalue weighted by molar-refractivity contribution is -0.184. The number of halogens is 3. The Balaban J connectivity index is 1.43. The Morgan fingerprint density at radius 1 is 1.07 bits per heavy atom. The van der Waals surface area contributed by atoms with Gasteiger partial charge in [-0.2, -0.15) is 18.3 Å². The zero-order valence-corrected chi connectivity index (χ0v) is 23.4. The lowest BCUT2D eigenvalue weighted by atomic mass is 9.81. The minimum absolute atomic E-state index is 0.0918. The Hall–Kier alpha value is -3.77. The number of methoxy groups -OCH3 is 2. The SMILES string of the molecule is COCCN(C(=O)C1CCC(C(F)(F)F)CC1)c1cc(-c2ccc(-c3cc4ncccn4n3)cc2)sc1C(=O)OC. The molecule has 5 rings (SSSR count). The van der Waals surface area contributed by atoms with Crippen molar-refractivity contribution in [2.24, 2.45) is 11.8 Å². The van der Waals surface area contributed by atoms with Crippen LogP contribution in [0.15, 0.2) is 54.9 Å². The number of alkyl halides is 3. The molecule has 8 nitrogen and oxygen atoms in total. The number of carbonyl (C=O) groups excluding carboxylic acids is 2. The first-order valence-corrected chi connectivity index (χ1v) is 14.0. The van der Waals surface area contributed by atoms with Crippen LogP contribution >= 0.6 is 11.3 Å². The number of thiophene rings is 1. The Labute approximate surface area is 238 Å². The average molecular weight is 587 g/mol. The van der Waals surface area contributed by atoms with Gasteiger partial charge >= 0.3 is 12.1 Å². The molecule has 216 valence electrons. The predicted molar refractivity (Wildman–Crippen MR) is 149 cm³/mol. The van der Waals surface area contributed by atoms with Crippen LogP contribution < -0.4 is 4.90 Å². The summed E-state index contributed by atoms with van der Waals surface area (Å²) in [6, 6.07) is 13.1. The van der Waals surface area contributed by atoms with Crippen molar-refractivity contribution in [1.82, 2.24) is 14.6 Å². The van der Waals surface area contributed by atoms with E-state index in [0.717, 1.165) is 27.3 Å². The van der Waals surface area contributed by atoms with Crippen molar-refractivity contribution in [3.63, 3.8) is 0 Å². The maximum Gasteiger partial charge on any atom is 0.391 e. The van der Waals surface area contributed by atoms with Gasteiger partial charge in [-0.1, -0.05) is 24.3 Å². The van der Waals surface area contributed by atoms with E-state index in [0.29, 0.717) is 5.69 Å². The number of esters is 1. The van der Waals surface area contributed by atoms with E-state index in [2.05, 4.69) is 10.1 Å². The van der Waals surface area contributed by atoms with Gasteiger partial charge in [0.2, 0.25) is 5.91 Å². The summed E-state index contributed by atoms with van der Waals surface area (Å²) in [5, 5.41) is 4.55. The highest BCUT2D eigenvalue weighted by molar-refractivity contribution is 7.18. The summed E-state index contributed by atoms with van der Waals surface area (Å²) in [5.74, 6) is -2.87. The van der Waals surface area contributed by atoms with Gasteiger partial charge in [-0.25, -0.2) is 14.3 Å². The molecule has 0 saturated heterocycles. The zero-order valence-electron chi connectivity index (χ0n) is 22.6. The van der Waals surface area contributed by atoms with E-state index in [1.165, 1.54) is 30.5 Å². The smallest absolute Gasteiger partial charge is 0.391 e. The first-order valence-electron chi connectivity index (χ1n) is 13.2. The number of benzene rings is 1. The number of nitrogens with zero attached hydrogens (tertiary/aromatic N) is 4. The van der Waals surface area contributed by atoms with Crippen LogP contribution in [-0.4, -0.2) is 60.0 Å². The van der Waals surface area contributed by atoms with Crippen LogP contribution in [0.4, 0.5) is 18.9 Å². The highest BCUT2D eigenvalue weighted by Crippen LogP contribution is 2.42. The second kappa shape index (κ2) is 12.0. The van der Waals surface area contributed by atoms with E-state index >= 15 is 0 Å². The summed E-state index contributed by atoms with van der Waals surface area (Å²) in [5.41, 5.74) is 3.56. The van der Waals surface area contributed by atoms with E-state index in [1.54, 1.807) is 22.8 Å². The molecular weight excluding hydrogens is 557 g/mol. The molecule has 4 aromatic rings. The number of aromatic nitrogens is 3. The molecule has 3 aromatic heterocycles. The van der Waals surface area contributed by atoms with Crippen molar-refractivity contribution in [2.75, 3.05) is 32.3 Å². The Morgan fingerprint density at radius 3 is 2.41 bits per heavy atom. The predicted octanol–water partition coefficient (Wildman–Crippen LogP) is 6.26. The molecule has 3 heterocycles. The largest absolute Gasteiger partial charge is 0.465 e. The molecule has 0 bridgehead atoms. The van der Waals surface area contributed by atoms with Crippen molar-refractivity contribution in [1.29, 1.82) is 0 Å². The van der Waals surface area contributed by atoms with E-state index in [-0.39, 0.29) is 49.6 Å². The summed E-state index contributed by atoms with van der Waals surface area (Å²) in [6.07, 6.45) is -0.654. The number of carbonyl (C=O) groups is 2. The monoisotopic (exact) mass is 586 g/mol. The van der Waals surface area contributed by atoms with Gasteiger partial charge in [0, 0.05) is 48.5 Å². The Bertz CT molecular complexity index is 1490. The first kappa shape index (κ1) is 28.7. The van der Waals surface area contributed by atoms with Gasteiger partial charge < -0.3 is 14.4 Å². The molecule has 41 heavy (non-hydrogen) atoms. The quantitative estimate of drug-likeness (QED) is 0.227. The molecule has 0 spiro atoms. The third-order valence-electron chi connectivity index (χ3n) is 7.40. The number of hydrogen-bond acceptors (Lipinski definition) is 7. The molecule has 12 heteroatoms. The second-order valence-electron chi connectivity index (χ2n) is 9.92. The molecule has 1 fully saturated rings. The van der Waals surface area contributed by atoms with Crippen LogP contribution in [-0.2, 0) is 14.3 Å². The lowest BCUT2D eigenvalue weighted by Gasteiger charge is -2.32. The highest BCUT2D eigenvalue weighted by atomic mass is 32.1. The van der Waals surface area contributed by atoms with Crippen LogP contribution in [0.5, 0.6) is 0 Å². The van der Waals surface area contributed by atoms with Gasteiger partial charge in [0.15, 0.2) is 5.65 Å². The van der Waals surface area contributed by atoms with Crippen molar-refractivity contribution in [3.05, 3.63) is 59.7 Å². The minimum Gasteiger partial charge on any atom is -0.465 e. The fourth-order valence-corrected chi connectivity index (χ4v) is 6.24. The van der Waals surface area contributed by atoms with Crippen molar-refractivity contribution in [2.45, 2.75) is 31.9 Å². The average Bonchev–Trinajstić information content (AvgIpc) is 3.62. The third-order valence-corrected chi connectivity index (χ3v) is 8.55. The molecule has 0 radical (unpaired) electrons. The van der Waals surface area contributed by atoms with Gasteiger partial charge in [-0.15, -0.1) is 11.3 Å². The summed E-state index contributed by atoms with van der Waals surface area (Å²) in [4.78, 5) is 33.2. The Morgan fingerprint density at radius 2 is 1.78 bits per heavy atom. The summed E-state index contributed by atoms with van der Waals surface area (Å²) in [7, 11) is 2.77. The molecule has 1 amide bonds. The van der Waals surface area contributed by atoms with Gasteiger partial charge in [-0.05, 0) is 43.4 Å². The van der Waals surface area contributed by atoms with Crippen LogP contribution in [0.2, 0.25) is 0 Å². The molecule has 0 aliphatic heterocycles. The number of rotatable bonds is 8. The minimum atomic E-state index is -4.26. The van der Waals surface area contributed by atoms with E-state index < -0.39 is 24.0 Å². The van der Waals surface area contributed by atoms with Crippen molar-refractivity contribution in [3.8, 4) is 21.7 Å². The molecule has 1 saturated carbocycles. The van der Waals surface area contributed by atoms with Crippen molar-refractivity contribution >= 4 is 34.5 Å². The maximum atomic E-state index is 13.7. The van der Waals surface area contributed by atoms with Gasteiger partial charge in [0.05, 0.1) is 31.0 Å². The molecule has 1 aliphatic carbocycles. The summed E-state index contributed by atoms with van der Waals surface area (Å²) < 4.78 is 51.6. The van der Waals surface area contributed by atoms with Gasteiger partial charge in [0.25, 0.3) is 0 Å². The number of amides is 1. The van der Waals surface area contributed by atoms with Crippen LogP contribution in [0, 0.1) is 11.8 Å². The van der Waals surface area contributed by atoms with Crippen LogP contribution in [0.1, 0.15) is 35.4 Å². The third kappa shape index (κ3) is 6.13. The van der Waals surface area contributed by atoms with E-state index in [9.17, 15) is 22.8 Å². The fraction of sp³-hybridized carbons (Fsp3) is 0.379. The summed E-state index contributed by atoms with van der Waals surface area (Å²) >= 11 is 1.19. The molecule has 1 aromatic carbocycles. The molecular formula is C29H29F3N4O4S.